The summed E-state index contributed by atoms with van der Waals surface area (Å²) in [5, 5.41) is 5.91. The molecule has 43 heavy (non-hydrogen) atoms. The van der Waals surface area contributed by atoms with Crippen LogP contribution < -0.4 is 15.5 Å². The topological polar surface area (TPSA) is 94.1 Å². The van der Waals surface area contributed by atoms with Crippen LogP contribution in [0.3, 0.4) is 0 Å². The monoisotopic (exact) mass is 591 g/mol. The number of rotatable bonds is 8. The number of aliphatic imine (C=N–C) groups is 1. The Balaban J connectivity index is 1.12. The minimum atomic E-state index is -0.469. The van der Waals surface area contributed by atoms with Gasteiger partial charge in [0.05, 0.1) is 15.4 Å². The summed E-state index contributed by atoms with van der Waals surface area (Å²) in [5.41, 5.74) is 6.48. The normalized spacial score (nSPS) is 16.7. The molecule has 2 aliphatic heterocycles. The van der Waals surface area contributed by atoms with Crippen molar-refractivity contribution in [1.29, 1.82) is 0 Å². The van der Waals surface area contributed by atoms with Crippen molar-refractivity contribution in [3.8, 4) is 0 Å². The standard InChI is InChI=1S/C34H33N5O3S/c1-22(40)31-12-13-32(43-31)34(42)36-26-5-3-4-23(19-26)18-24-6-11-30-28(20-24)29(33(41)37-30)21-35-25-7-9-27(10-8-25)39-16-14-38(2)15-17-39/h3-13,19-21,29H,14-18H2,1-2H3,(H,36,42)(H,37,41). The van der Waals surface area contributed by atoms with Gasteiger partial charge in [0.2, 0.25) is 5.91 Å². The van der Waals surface area contributed by atoms with Gasteiger partial charge in [-0.3, -0.25) is 19.4 Å². The number of piperazine rings is 1. The summed E-state index contributed by atoms with van der Waals surface area (Å²) in [4.78, 5) is 47.6. The first-order chi connectivity index (χ1) is 20.8. The van der Waals surface area contributed by atoms with Crippen LogP contribution in [-0.4, -0.2) is 61.9 Å². The lowest BCUT2D eigenvalue weighted by Crippen LogP contribution is -2.44. The fourth-order valence-electron chi connectivity index (χ4n) is 5.40. The van der Waals surface area contributed by atoms with E-state index < -0.39 is 5.92 Å². The van der Waals surface area contributed by atoms with Crippen LogP contribution in [0.25, 0.3) is 0 Å². The fraction of sp³-hybridized carbons (Fsp3) is 0.235. The van der Waals surface area contributed by atoms with Crippen molar-refractivity contribution in [3.05, 3.63) is 105 Å². The van der Waals surface area contributed by atoms with Crippen LogP contribution in [0.5, 0.6) is 0 Å². The van der Waals surface area contributed by atoms with Crippen molar-refractivity contribution >= 4 is 57.9 Å². The van der Waals surface area contributed by atoms with E-state index in [1.807, 2.05) is 48.5 Å². The lowest BCUT2D eigenvalue weighted by Gasteiger charge is -2.34. The summed E-state index contributed by atoms with van der Waals surface area (Å²) in [5.74, 6) is -0.853. The first-order valence-electron chi connectivity index (χ1n) is 14.3. The fourth-order valence-corrected chi connectivity index (χ4v) is 6.20. The van der Waals surface area contributed by atoms with Crippen LogP contribution in [0.4, 0.5) is 22.7 Å². The second kappa shape index (κ2) is 12.3. The number of thiophene rings is 1. The molecule has 1 saturated heterocycles. The van der Waals surface area contributed by atoms with Crippen molar-refractivity contribution in [2.75, 3.05) is 48.8 Å². The molecule has 218 valence electrons. The number of likely N-dealkylation sites (N-methyl/N-ethyl adjacent to an activating group) is 1. The highest BCUT2D eigenvalue weighted by Gasteiger charge is 2.29. The number of carbonyl (C=O) groups is 3. The van der Waals surface area contributed by atoms with E-state index in [0.29, 0.717) is 21.9 Å². The number of nitrogens with one attached hydrogen (secondary N) is 2. The van der Waals surface area contributed by atoms with E-state index >= 15 is 0 Å². The Bertz CT molecular complexity index is 1700. The Hall–Kier alpha value is -4.60. The molecule has 4 aromatic rings. The largest absolute Gasteiger partial charge is 0.369 e. The van der Waals surface area contributed by atoms with E-state index in [-0.39, 0.29) is 17.6 Å². The van der Waals surface area contributed by atoms with Gasteiger partial charge in [-0.05, 0) is 91.7 Å². The Kier molecular flexibility index (Phi) is 8.18. The molecular formula is C34H33N5O3S. The second-order valence-electron chi connectivity index (χ2n) is 11.0. The van der Waals surface area contributed by atoms with Crippen molar-refractivity contribution in [2.24, 2.45) is 4.99 Å². The molecule has 1 unspecified atom stereocenters. The van der Waals surface area contributed by atoms with Gasteiger partial charge in [0.1, 0.15) is 5.92 Å². The number of fused-ring (bicyclic) bond motifs is 1. The average molecular weight is 592 g/mol. The number of amides is 2. The molecule has 1 aromatic heterocycles. The number of anilines is 3. The summed E-state index contributed by atoms with van der Waals surface area (Å²) in [7, 11) is 2.15. The maximum Gasteiger partial charge on any atom is 0.265 e. The predicted molar refractivity (Wildman–Crippen MR) is 174 cm³/mol. The lowest BCUT2D eigenvalue weighted by atomic mass is 9.96. The summed E-state index contributed by atoms with van der Waals surface area (Å²) in [6.45, 7) is 5.62. The number of hydrogen-bond acceptors (Lipinski definition) is 7. The van der Waals surface area contributed by atoms with Crippen LogP contribution in [0.15, 0.2) is 83.9 Å². The summed E-state index contributed by atoms with van der Waals surface area (Å²) in [6.07, 6.45) is 2.37. The van der Waals surface area contributed by atoms with Gasteiger partial charge in [-0.15, -0.1) is 11.3 Å². The molecule has 0 spiro atoms. The number of hydrogen-bond donors (Lipinski definition) is 2. The third-order valence-corrected chi connectivity index (χ3v) is 9.04. The summed E-state index contributed by atoms with van der Waals surface area (Å²) >= 11 is 1.19. The van der Waals surface area contributed by atoms with E-state index in [0.717, 1.165) is 54.2 Å². The predicted octanol–water partition coefficient (Wildman–Crippen LogP) is 5.98. The molecule has 2 N–H and O–H groups in total. The van der Waals surface area contributed by atoms with E-state index in [1.54, 1.807) is 18.3 Å². The van der Waals surface area contributed by atoms with Crippen LogP contribution in [0.1, 0.15) is 48.9 Å². The van der Waals surface area contributed by atoms with Crippen LogP contribution >= 0.6 is 11.3 Å². The highest BCUT2D eigenvalue weighted by atomic mass is 32.1. The molecule has 8 nitrogen and oxygen atoms in total. The number of Topliss-reactive ketones (excluding diaryl/α,β-unsaturated/α-hetero) is 1. The van der Waals surface area contributed by atoms with Crippen molar-refractivity contribution in [3.63, 3.8) is 0 Å². The molecule has 3 heterocycles. The molecule has 0 bridgehead atoms. The maximum absolute atomic E-state index is 12.8. The second-order valence-corrected chi connectivity index (χ2v) is 12.1. The van der Waals surface area contributed by atoms with Gasteiger partial charge in [0.25, 0.3) is 5.91 Å². The number of ketones is 1. The quantitative estimate of drug-likeness (QED) is 0.194. The molecule has 2 amide bonds. The van der Waals surface area contributed by atoms with Gasteiger partial charge >= 0.3 is 0 Å². The molecule has 9 heteroatoms. The molecule has 2 aliphatic rings. The zero-order valence-electron chi connectivity index (χ0n) is 24.2. The average Bonchev–Trinajstić information content (AvgIpc) is 3.62. The molecule has 0 aliphatic carbocycles. The minimum Gasteiger partial charge on any atom is -0.369 e. The highest BCUT2D eigenvalue weighted by Crippen LogP contribution is 2.33. The first kappa shape index (κ1) is 28.5. The molecule has 0 radical (unpaired) electrons. The van der Waals surface area contributed by atoms with E-state index in [9.17, 15) is 14.4 Å². The highest BCUT2D eigenvalue weighted by molar-refractivity contribution is 7.16. The van der Waals surface area contributed by atoms with Gasteiger partial charge in [0, 0.05) is 49.5 Å². The van der Waals surface area contributed by atoms with Gasteiger partial charge < -0.3 is 20.4 Å². The number of nitrogens with zero attached hydrogens (tertiary/aromatic N) is 3. The zero-order chi connectivity index (χ0) is 29.9. The van der Waals surface area contributed by atoms with Gasteiger partial charge in [-0.1, -0.05) is 24.3 Å². The van der Waals surface area contributed by atoms with Gasteiger partial charge in [-0.25, -0.2) is 0 Å². The zero-order valence-corrected chi connectivity index (χ0v) is 25.0. The van der Waals surface area contributed by atoms with Crippen LogP contribution in [-0.2, 0) is 11.2 Å². The Morgan fingerprint density at radius 2 is 1.70 bits per heavy atom. The first-order valence-corrected chi connectivity index (χ1v) is 15.2. The third kappa shape index (κ3) is 6.58. The minimum absolute atomic E-state index is 0.0545. The molecule has 3 aromatic carbocycles. The smallest absolute Gasteiger partial charge is 0.265 e. The van der Waals surface area contributed by atoms with Gasteiger partial charge in [-0.2, -0.15) is 0 Å². The van der Waals surface area contributed by atoms with Gasteiger partial charge in [0.15, 0.2) is 5.78 Å². The SMILES string of the molecule is CC(=O)c1ccc(C(=O)Nc2cccc(Cc3ccc4c(c3)C(C=Nc3ccc(N5CCN(C)CC5)cc3)C(=O)N4)c2)s1. The Morgan fingerprint density at radius 3 is 2.44 bits per heavy atom. The van der Waals surface area contributed by atoms with Crippen LogP contribution in [0.2, 0.25) is 0 Å². The molecular weight excluding hydrogens is 558 g/mol. The third-order valence-electron chi connectivity index (χ3n) is 7.85. The Labute approximate surface area is 255 Å². The lowest BCUT2D eigenvalue weighted by molar-refractivity contribution is -0.115. The van der Waals surface area contributed by atoms with Crippen molar-refractivity contribution < 1.29 is 14.4 Å². The van der Waals surface area contributed by atoms with Crippen molar-refractivity contribution in [1.82, 2.24) is 4.90 Å². The molecule has 6 rings (SSSR count). The van der Waals surface area contributed by atoms with E-state index in [4.69, 9.17) is 0 Å². The Morgan fingerprint density at radius 1 is 0.953 bits per heavy atom. The van der Waals surface area contributed by atoms with E-state index in [1.165, 1.54) is 23.9 Å². The molecule has 0 saturated carbocycles. The molecule has 1 atom stereocenters. The van der Waals surface area contributed by atoms with E-state index in [2.05, 4.69) is 50.7 Å². The molecule has 1 fully saturated rings. The summed E-state index contributed by atoms with van der Waals surface area (Å²) < 4.78 is 0. The number of benzene rings is 3. The maximum atomic E-state index is 12.8. The summed E-state index contributed by atoms with van der Waals surface area (Å²) in [6, 6.07) is 25.2. The van der Waals surface area contributed by atoms with Crippen LogP contribution in [0, 0.1) is 0 Å². The van der Waals surface area contributed by atoms with Crippen molar-refractivity contribution in [2.45, 2.75) is 19.3 Å². The number of carbonyl (C=O) groups excluding carboxylic acids is 3.